The third-order valence-electron chi connectivity index (χ3n) is 8.60. The van der Waals surface area contributed by atoms with Gasteiger partial charge in [0.1, 0.15) is 7.05 Å². The second-order valence-corrected chi connectivity index (χ2v) is 12.0. The number of nitrogens with zero attached hydrogens (tertiary/aromatic N) is 2. The highest BCUT2D eigenvalue weighted by Crippen LogP contribution is 2.47. The number of hydrogen-bond acceptors (Lipinski definition) is 2. The number of hydrogen-bond donors (Lipinski definition) is 0. The summed E-state index contributed by atoms with van der Waals surface area (Å²) in [5, 5.41) is 0.901. The standard InChI is InChI=1S/C34H40ClN2O/c1-33(2)26-14-7-9-16-28(26)36(5)30(33)20-18-24-12-11-13-25(32(24)35)19-21-31-34(3,4)27-15-8-10-17-29(27)37(31)22-23-38-6/h7-10,14-21H,11-13,22-23H2,1-6H3/q+1. The molecule has 0 atom stereocenters. The van der Waals surface area contributed by atoms with E-state index < -0.39 is 0 Å². The van der Waals surface area contributed by atoms with Gasteiger partial charge in [-0.2, -0.15) is 4.58 Å². The first kappa shape index (κ1) is 26.7. The zero-order valence-electron chi connectivity index (χ0n) is 23.6. The Hall–Kier alpha value is -2.88. The zero-order chi connectivity index (χ0) is 27.1. The molecule has 0 amide bonds. The highest BCUT2D eigenvalue weighted by molar-refractivity contribution is 6.32. The molecule has 2 heterocycles. The molecule has 0 aromatic heterocycles. The van der Waals surface area contributed by atoms with Gasteiger partial charge in [-0.25, -0.2) is 0 Å². The summed E-state index contributed by atoms with van der Waals surface area (Å²) in [6.45, 7) is 10.7. The van der Waals surface area contributed by atoms with Crippen LogP contribution in [0.5, 0.6) is 0 Å². The van der Waals surface area contributed by atoms with E-state index in [0.29, 0.717) is 6.61 Å². The van der Waals surface area contributed by atoms with Crippen molar-refractivity contribution in [3.63, 3.8) is 0 Å². The summed E-state index contributed by atoms with van der Waals surface area (Å²) in [7, 11) is 3.93. The highest BCUT2D eigenvalue weighted by Gasteiger charge is 2.42. The van der Waals surface area contributed by atoms with E-state index >= 15 is 0 Å². The van der Waals surface area contributed by atoms with Gasteiger partial charge in [-0.1, -0.05) is 74.0 Å². The molecule has 0 saturated carbocycles. The summed E-state index contributed by atoms with van der Waals surface area (Å²) in [6, 6.07) is 17.4. The number of benzene rings is 2. The smallest absolute Gasteiger partial charge is 0.209 e. The van der Waals surface area contributed by atoms with Gasteiger partial charge in [0.05, 0.1) is 12.0 Å². The first-order valence-corrected chi connectivity index (χ1v) is 14.1. The van der Waals surface area contributed by atoms with Gasteiger partial charge in [0.15, 0.2) is 5.71 Å². The number of anilines is 1. The van der Waals surface area contributed by atoms with Crippen molar-refractivity contribution in [1.82, 2.24) is 0 Å². The molecule has 0 saturated heterocycles. The van der Waals surface area contributed by atoms with E-state index in [9.17, 15) is 0 Å². The average molecular weight is 528 g/mol. The Morgan fingerprint density at radius 3 is 2.37 bits per heavy atom. The van der Waals surface area contributed by atoms with E-state index in [1.165, 1.54) is 45.1 Å². The first-order valence-electron chi connectivity index (χ1n) is 13.7. The van der Waals surface area contributed by atoms with Gasteiger partial charge in [-0.15, -0.1) is 0 Å². The molecule has 0 bridgehead atoms. The first-order chi connectivity index (χ1) is 18.2. The third-order valence-corrected chi connectivity index (χ3v) is 9.09. The quantitative estimate of drug-likeness (QED) is 0.352. The lowest BCUT2D eigenvalue weighted by atomic mass is 9.81. The molecule has 0 radical (unpaired) electrons. The Balaban J connectivity index is 1.47. The Labute approximate surface area is 233 Å². The van der Waals surface area contributed by atoms with Gasteiger partial charge in [0.25, 0.3) is 0 Å². The van der Waals surface area contributed by atoms with Gasteiger partial charge < -0.3 is 9.64 Å². The maximum Gasteiger partial charge on any atom is 0.209 e. The van der Waals surface area contributed by atoms with Crippen LogP contribution in [0.2, 0.25) is 0 Å². The molecule has 1 aliphatic carbocycles. The monoisotopic (exact) mass is 527 g/mol. The fourth-order valence-electron chi connectivity index (χ4n) is 6.43. The summed E-state index contributed by atoms with van der Waals surface area (Å²) in [5.74, 6) is 0. The predicted molar refractivity (Wildman–Crippen MR) is 161 cm³/mol. The van der Waals surface area contributed by atoms with Gasteiger partial charge in [0.2, 0.25) is 5.69 Å². The van der Waals surface area contributed by atoms with E-state index in [1.807, 2.05) is 0 Å². The molecule has 0 spiro atoms. The zero-order valence-corrected chi connectivity index (χ0v) is 24.4. The summed E-state index contributed by atoms with van der Waals surface area (Å²) in [5.41, 5.74) is 10.2. The number of methoxy groups -OCH3 is 1. The van der Waals surface area contributed by atoms with Crippen LogP contribution in [0.15, 0.2) is 94.7 Å². The van der Waals surface area contributed by atoms with Crippen LogP contribution in [0.25, 0.3) is 0 Å². The van der Waals surface area contributed by atoms with E-state index in [2.05, 4.69) is 117 Å². The van der Waals surface area contributed by atoms with Crippen LogP contribution in [0.4, 0.5) is 11.4 Å². The Morgan fingerprint density at radius 2 is 1.63 bits per heavy atom. The van der Waals surface area contributed by atoms with Crippen molar-refractivity contribution in [2.24, 2.45) is 0 Å². The van der Waals surface area contributed by atoms with Crippen LogP contribution in [-0.2, 0) is 15.6 Å². The lowest BCUT2D eigenvalue weighted by Crippen LogP contribution is -2.28. The molecule has 2 aromatic rings. The molecule has 3 aliphatic rings. The van der Waals surface area contributed by atoms with Crippen LogP contribution >= 0.6 is 11.6 Å². The van der Waals surface area contributed by atoms with E-state index in [1.54, 1.807) is 7.11 Å². The van der Waals surface area contributed by atoms with Crippen molar-refractivity contribution in [2.45, 2.75) is 57.8 Å². The van der Waals surface area contributed by atoms with Gasteiger partial charge in [-0.05, 0) is 62.0 Å². The summed E-state index contributed by atoms with van der Waals surface area (Å²) in [6.07, 6.45) is 12.2. The second kappa shape index (κ2) is 10.4. The van der Waals surface area contributed by atoms with Crippen LogP contribution < -0.4 is 4.90 Å². The molecule has 198 valence electrons. The number of allylic oxidation sites excluding steroid dienone is 8. The fraction of sp³-hybridized carbons (Fsp3) is 0.382. The van der Waals surface area contributed by atoms with Crippen molar-refractivity contribution in [3.8, 4) is 0 Å². The largest absolute Gasteiger partial charge is 0.383 e. The Bertz CT molecular complexity index is 1400. The SMILES string of the molecule is COCCN1C(=CC=C2CCCC(C=CC3=[N+](C)c4ccccc4C3(C)C)=C2Cl)C(C)(C)c2ccccc21. The molecular weight excluding hydrogens is 488 g/mol. The summed E-state index contributed by atoms with van der Waals surface area (Å²) in [4.78, 5) is 2.41. The minimum Gasteiger partial charge on any atom is -0.383 e. The van der Waals surface area contributed by atoms with Crippen LogP contribution in [0, 0.1) is 0 Å². The minimum absolute atomic E-state index is 0.0403. The average Bonchev–Trinajstić information content (AvgIpc) is 3.24. The molecule has 2 aromatic carbocycles. The molecular formula is C34H40ClN2O+. The van der Waals surface area contributed by atoms with Crippen molar-refractivity contribution >= 4 is 28.7 Å². The minimum atomic E-state index is -0.0841. The van der Waals surface area contributed by atoms with Crippen LogP contribution in [-0.4, -0.2) is 37.6 Å². The molecule has 0 N–H and O–H groups in total. The Kier molecular flexibility index (Phi) is 7.28. The number of rotatable bonds is 6. The lowest BCUT2D eigenvalue weighted by Gasteiger charge is -2.27. The van der Waals surface area contributed by atoms with Gasteiger partial charge in [-0.3, -0.25) is 0 Å². The van der Waals surface area contributed by atoms with E-state index in [0.717, 1.165) is 30.8 Å². The Morgan fingerprint density at radius 1 is 0.921 bits per heavy atom. The normalized spacial score (nSPS) is 22.2. The predicted octanol–water partition coefficient (Wildman–Crippen LogP) is 8.18. The second-order valence-electron chi connectivity index (χ2n) is 11.6. The van der Waals surface area contributed by atoms with Crippen LogP contribution in [0.1, 0.15) is 58.1 Å². The number of halogens is 1. The lowest BCUT2D eigenvalue weighted by molar-refractivity contribution is -0.401. The molecule has 3 nitrogen and oxygen atoms in total. The van der Waals surface area contributed by atoms with Crippen LogP contribution in [0.3, 0.4) is 0 Å². The summed E-state index contributed by atoms with van der Waals surface area (Å²) >= 11 is 7.07. The maximum absolute atomic E-state index is 7.07. The van der Waals surface area contributed by atoms with Crippen molar-refractivity contribution < 1.29 is 9.31 Å². The van der Waals surface area contributed by atoms with E-state index in [-0.39, 0.29) is 10.8 Å². The van der Waals surface area contributed by atoms with Crippen molar-refractivity contribution in [1.29, 1.82) is 0 Å². The number of fused-ring (bicyclic) bond motifs is 2. The van der Waals surface area contributed by atoms with Crippen molar-refractivity contribution in [3.05, 3.63) is 106 Å². The van der Waals surface area contributed by atoms with Gasteiger partial charge >= 0.3 is 0 Å². The molecule has 0 fully saturated rings. The fourth-order valence-corrected chi connectivity index (χ4v) is 6.75. The molecule has 4 heteroatoms. The number of para-hydroxylation sites is 2. The molecule has 38 heavy (non-hydrogen) atoms. The highest BCUT2D eigenvalue weighted by atomic mass is 35.5. The molecule has 5 rings (SSSR count). The summed E-state index contributed by atoms with van der Waals surface area (Å²) < 4.78 is 7.77. The molecule has 0 unspecified atom stereocenters. The third kappa shape index (κ3) is 4.50. The van der Waals surface area contributed by atoms with E-state index in [4.69, 9.17) is 16.3 Å². The number of ether oxygens (including phenoxy) is 1. The van der Waals surface area contributed by atoms with Crippen molar-refractivity contribution in [2.75, 3.05) is 32.2 Å². The maximum atomic E-state index is 7.07. The topological polar surface area (TPSA) is 15.5 Å². The molecule has 2 aliphatic heterocycles. The van der Waals surface area contributed by atoms with Gasteiger partial charge in [0, 0.05) is 53.2 Å².